The van der Waals surface area contributed by atoms with Crippen LogP contribution in [0.15, 0.2) is 23.3 Å². The van der Waals surface area contributed by atoms with E-state index in [1.165, 1.54) is 20.1 Å². The predicted molar refractivity (Wildman–Crippen MR) is 270 cm³/mol. The van der Waals surface area contributed by atoms with Crippen molar-refractivity contribution in [3.05, 3.63) is 23.3 Å². The molecule has 7 fully saturated rings. The Morgan fingerprint density at radius 1 is 0.671 bits per heavy atom. The Hall–Kier alpha value is -2.06. The maximum Gasteiger partial charge on any atom is 0.330 e. The second kappa shape index (κ2) is 23.1. The fraction of sp³-hybridized carbons (Fsp3) is 0.893. The highest BCUT2D eigenvalue weighted by molar-refractivity contribution is 5.87. The zero-order valence-electron chi connectivity index (χ0n) is 47.2. The van der Waals surface area contributed by atoms with Gasteiger partial charge in [-0.15, -0.1) is 0 Å². The average molecular weight is 1080 g/mol. The van der Waals surface area contributed by atoms with Gasteiger partial charge in [0, 0.05) is 59.7 Å². The van der Waals surface area contributed by atoms with Gasteiger partial charge in [0.2, 0.25) is 0 Å². The molecule has 0 bridgehead atoms. The second-order valence-electron chi connectivity index (χ2n) is 24.0. The fourth-order valence-electron chi connectivity index (χ4n) is 14.7. The molecule has 76 heavy (non-hydrogen) atoms. The minimum Gasteiger partial charge on any atom is -0.458 e. The summed E-state index contributed by atoms with van der Waals surface area (Å²) in [6.45, 7) is 18.1. The Morgan fingerprint density at radius 3 is 1.70 bits per heavy atom. The first kappa shape index (κ1) is 60.0. The summed E-state index contributed by atoms with van der Waals surface area (Å²) in [5, 5.41) is 59.4. The number of hydrogen-bond acceptors (Lipinski definition) is 20. The van der Waals surface area contributed by atoms with Crippen molar-refractivity contribution in [3.63, 3.8) is 0 Å². The summed E-state index contributed by atoms with van der Waals surface area (Å²) in [5.41, 5.74) is -6.15. The molecule has 4 aliphatic carbocycles. The minimum absolute atomic E-state index is 0.0403. The van der Waals surface area contributed by atoms with Crippen LogP contribution in [0.3, 0.4) is 0 Å². The van der Waals surface area contributed by atoms with Crippen molar-refractivity contribution < 1.29 is 96.7 Å². The summed E-state index contributed by atoms with van der Waals surface area (Å²) in [6, 6.07) is 0. The molecule has 0 aromatic rings. The van der Waals surface area contributed by atoms with E-state index in [1.54, 1.807) is 35.2 Å². The zero-order chi connectivity index (χ0) is 55.6. The Kier molecular flexibility index (Phi) is 18.2. The number of aliphatic hydroxyl groups is 5. The molecule has 0 unspecified atom stereocenters. The maximum absolute atomic E-state index is 13.6. The highest BCUT2D eigenvalue weighted by Gasteiger charge is 2.81. The normalized spacial score (nSPS) is 49.8. The minimum atomic E-state index is -2.03. The molecule has 25 atom stereocenters. The first-order chi connectivity index (χ1) is 35.7. The largest absolute Gasteiger partial charge is 0.458 e. The maximum atomic E-state index is 13.6. The number of hydrogen-bond donors (Lipinski definition) is 5. The molecule has 0 aromatic heterocycles. The average Bonchev–Trinajstić information content (AvgIpc) is 3.60. The van der Waals surface area contributed by atoms with Crippen LogP contribution in [0, 0.1) is 22.7 Å². The summed E-state index contributed by atoms with van der Waals surface area (Å²) < 4.78 is 81.0. The Labute approximate surface area is 448 Å². The molecular weight excluding hydrogens is 993 g/mol. The van der Waals surface area contributed by atoms with Crippen molar-refractivity contribution in [1.29, 1.82) is 0 Å². The molecular formula is C56H90O20. The lowest BCUT2D eigenvalue weighted by Gasteiger charge is -2.67. The SMILES string of the molecule is CO[C@@H]1[C@@H](O)[C@H](O[C@H]2[C@@H](OC)C[C@H](O[C@H]3[C@@H](OC)C[C@H](O[C@H]4[C@@H](OC)C[C@H](O[C@H]5CC[C@@]6(C)C(=CC[C@]7(O)[C@@H]6C[C@@H](OC(=O)/C=C(\C)C(C)C)[C@@]6(C)[C@]7(O)CC[C@@]6(O)C(C)=O)C5)O[C@@H]4C)O[C@@H]3C)O[C@@H]2C)O[C@H](C)[C@H]1O. The molecule has 0 radical (unpaired) electrons. The van der Waals surface area contributed by atoms with E-state index in [-0.39, 0.29) is 37.7 Å². The lowest BCUT2D eigenvalue weighted by molar-refractivity contribution is -0.356. The van der Waals surface area contributed by atoms with Crippen LogP contribution in [0.1, 0.15) is 133 Å². The first-order valence-electron chi connectivity index (χ1n) is 27.7. The van der Waals surface area contributed by atoms with Crippen LogP contribution in [-0.4, -0.2) is 199 Å². The standard InChI is InChI=1S/C56H90O20/c1-27(2)28(3)21-41(58)73-40-26-39-52(9)17-16-35(22-34(52)15-18-55(39,62)56(63)20-19-54(61,33(8)57)53(40,56)10)72-42-23-36(64-11)47(30(5)68-42)74-43-24-37(65-12)48(31(6)69-43)75-44-25-38(66-13)49(32(7)70-44)76-51-46(60)50(67-14)45(59)29(4)71-51/h15,21,27,29-32,35-40,42-51,59-63H,16-20,22-26H2,1-14H3/b28-21+/t29-,30-,31-,32-,35+,36+,37+,38+,39-,40-,42+,43+,44+,45-,46-,47-,48-,49-,50+,51+,52+,53-,54-,55+,56-/m1/s1. The predicted octanol–water partition coefficient (Wildman–Crippen LogP) is 4.10. The third-order valence-electron chi connectivity index (χ3n) is 19.7. The Morgan fingerprint density at radius 2 is 1.20 bits per heavy atom. The van der Waals surface area contributed by atoms with Gasteiger partial charge >= 0.3 is 5.97 Å². The molecule has 8 aliphatic rings. The highest BCUT2D eigenvalue weighted by atomic mass is 16.8. The third-order valence-corrected chi connectivity index (χ3v) is 19.7. The molecule has 4 aliphatic heterocycles. The number of allylic oxidation sites excluding steroid dienone is 1. The molecule has 8 rings (SSSR count). The molecule has 4 heterocycles. The van der Waals surface area contributed by atoms with Crippen molar-refractivity contribution in [2.45, 2.75) is 267 Å². The van der Waals surface area contributed by atoms with Gasteiger partial charge in [0.15, 0.2) is 30.9 Å². The molecule has 5 N–H and O–H groups in total. The molecule has 0 amide bonds. The molecule has 4 saturated heterocycles. The third kappa shape index (κ3) is 10.5. The summed E-state index contributed by atoms with van der Waals surface area (Å²) in [7, 11) is 6.24. The van der Waals surface area contributed by atoms with Crippen LogP contribution in [0.5, 0.6) is 0 Å². The van der Waals surface area contributed by atoms with Gasteiger partial charge in [-0.3, -0.25) is 4.79 Å². The highest BCUT2D eigenvalue weighted by Crippen LogP contribution is 2.71. The number of carbonyl (C=O) groups is 2. The van der Waals surface area contributed by atoms with Crippen LogP contribution < -0.4 is 0 Å². The fourth-order valence-corrected chi connectivity index (χ4v) is 14.7. The first-order valence-corrected chi connectivity index (χ1v) is 27.7. The van der Waals surface area contributed by atoms with Crippen LogP contribution in [-0.2, 0) is 71.2 Å². The number of ketones is 1. The van der Waals surface area contributed by atoms with Crippen LogP contribution in [0.2, 0.25) is 0 Å². The number of esters is 1. The van der Waals surface area contributed by atoms with Crippen LogP contribution in [0.4, 0.5) is 0 Å². The monoisotopic (exact) mass is 1080 g/mol. The van der Waals surface area contributed by atoms with Crippen LogP contribution in [0.25, 0.3) is 0 Å². The van der Waals surface area contributed by atoms with E-state index in [0.29, 0.717) is 38.5 Å². The quantitative estimate of drug-likeness (QED) is 0.0829. The van der Waals surface area contributed by atoms with E-state index < -0.39 is 156 Å². The van der Waals surface area contributed by atoms with Crippen LogP contribution >= 0.6 is 0 Å². The van der Waals surface area contributed by atoms with E-state index >= 15 is 0 Å². The van der Waals surface area contributed by atoms with Gasteiger partial charge in [-0.05, 0) is 105 Å². The summed E-state index contributed by atoms with van der Waals surface area (Å²) in [5.74, 6) is -1.64. The van der Waals surface area contributed by atoms with Gasteiger partial charge in [-0.1, -0.05) is 38.0 Å². The van der Waals surface area contributed by atoms with Crippen molar-refractivity contribution in [2.75, 3.05) is 28.4 Å². The number of Topliss-reactive ketones (excluding diaryl/α,β-unsaturated/α-hetero) is 1. The van der Waals surface area contributed by atoms with E-state index in [2.05, 4.69) is 6.92 Å². The summed E-state index contributed by atoms with van der Waals surface area (Å²) in [6.07, 6.45) is -6.42. The number of aliphatic hydroxyl groups excluding tert-OH is 2. The topological polar surface area (TPSA) is 255 Å². The molecule has 20 heteroatoms. The lowest BCUT2D eigenvalue weighted by Crippen LogP contribution is -2.78. The molecule has 0 aromatic carbocycles. The Balaban J connectivity index is 0.878. The molecule has 20 nitrogen and oxygen atoms in total. The van der Waals surface area contributed by atoms with Gasteiger partial charge < -0.3 is 87.1 Å². The van der Waals surface area contributed by atoms with Gasteiger partial charge in [0.25, 0.3) is 0 Å². The number of ether oxygens (including phenoxy) is 13. The lowest BCUT2D eigenvalue weighted by atomic mass is 9.42. The van der Waals surface area contributed by atoms with Gasteiger partial charge in [-0.25, -0.2) is 4.79 Å². The number of rotatable bonds is 16. The van der Waals surface area contributed by atoms with Gasteiger partial charge in [0.1, 0.15) is 59.5 Å². The van der Waals surface area contributed by atoms with Crippen molar-refractivity contribution in [3.8, 4) is 0 Å². The number of methoxy groups -OCH3 is 4. The molecule has 3 saturated carbocycles. The molecule has 0 spiro atoms. The van der Waals surface area contributed by atoms with E-state index in [0.717, 1.165) is 11.1 Å². The number of fused-ring (bicyclic) bond motifs is 5. The van der Waals surface area contributed by atoms with Gasteiger partial charge in [0.05, 0.1) is 54.2 Å². The molecule has 434 valence electrons. The van der Waals surface area contributed by atoms with E-state index in [4.69, 9.17) is 61.6 Å². The van der Waals surface area contributed by atoms with Gasteiger partial charge in [-0.2, -0.15) is 0 Å². The second-order valence-corrected chi connectivity index (χ2v) is 24.0. The summed E-state index contributed by atoms with van der Waals surface area (Å²) in [4.78, 5) is 26.9. The summed E-state index contributed by atoms with van der Waals surface area (Å²) >= 11 is 0. The zero-order valence-corrected chi connectivity index (χ0v) is 47.2. The number of carbonyl (C=O) groups excluding carboxylic acids is 2. The van der Waals surface area contributed by atoms with Crippen molar-refractivity contribution >= 4 is 11.8 Å². The van der Waals surface area contributed by atoms with E-state index in [9.17, 15) is 35.1 Å². The van der Waals surface area contributed by atoms with Crippen molar-refractivity contribution in [1.82, 2.24) is 0 Å². The van der Waals surface area contributed by atoms with Crippen molar-refractivity contribution in [2.24, 2.45) is 22.7 Å². The Bertz CT molecular complexity index is 2110. The smallest absolute Gasteiger partial charge is 0.330 e. The van der Waals surface area contributed by atoms with E-state index in [1.807, 2.05) is 47.6 Å².